The number of thiol groups is 1. The van der Waals surface area contributed by atoms with Crippen molar-refractivity contribution < 1.29 is 14.3 Å². The minimum Gasteiger partial charge on any atom is -0.250 e. The van der Waals surface area contributed by atoms with E-state index in [2.05, 4.69) is 17.6 Å². The van der Waals surface area contributed by atoms with Crippen LogP contribution in [0, 0.1) is 0 Å². The molecule has 0 aromatic rings. The molecule has 0 rings (SSSR count). The number of rotatable bonds is 1. The van der Waals surface area contributed by atoms with Crippen molar-refractivity contribution in [1.82, 2.24) is 0 Å². The van der Waals surface area contributed by atoms with Gasteiger partial charge in [-0.2, -0.15) is 12.6 Å². The van der Waals surface area contributed by atoms with E-state index in [0.717, 1.165) is 11.5 Å². The molecule has 0 aliphatic carbocycles. The summed E-state index contributed by atoms with van der Waals surface area (Å²) < 4.78 is 10.6. The normalized spacial score (nSPS) is 9.43. The molecule has 0 saturated carbocycles. The summed E-state index contributed by atoms with van der Waals surface area (Å²) in [5, 5.41) is 1.09. The summed E-state index contributed by atoms with van der Waals surface area (Å²) in [5.41, 5.74) is 0. The second-order valence-corrected chi connectivity index (χ2v) is 1.01. The third kappa shape index (κ3) is 3.32. The molecule has 40 valence electrons. The van der Waals surface area contributed by atoms with Gasteiger partial charge in [-0.25, -0.2) is 4.79 Å². The Labute approximate surface area is 45.3 Å². The van der Waals surface area contributed by atoms with Gasteiger partial charge in [0, 0.05) is 10.6 Å². The van der Waals surface area contributed by atoms with Gasteiger partial charge in [-0.15, -0.1) is 0 Å². The molecule has 7 heavy (non-hydrogen) atoms. The van der Waals surface area contributed by atoms with Gasteiger partial charge in [-0.3, -0.25) is 4.94 Å². The number of hydrogen-bond acceptors (Lipinski definition) is 3. The van der Waals surface area contributed by atoms with Crippen LogP contribution in [0.5, 0.6) is 0 Å². The van der Waals surface area contributed by atoms with Gasteiger partial charge < -0.3 is 0 Å². The third-order valence-corrected chi connectivity index (χ3v) is 0.436. The fourth-order valence-electron chi connectivity index (χ4n) is 0.0866. The Morgan fingerprint density at radius 3 is 2.57 bits per heavy atom. The van der Waals surface area contributed by atoms with E-state index in [1.165, 1.54) is 0 Å². The van der Waals surface area contributed by atoms with Gasteiger partial charge in [0.1, 0.15) is 0 Å². The summed E-state index contributed by atoms with van der Waals surface area (Å²) in [7, 11) is 0. The molecule has 0 N–H and O–H groups in total. The minimum absolute atomic E-state index is 0.850. The minimum atomic E-state index is -1.05. The van der Waals surface area contributed by atoms with Gasteiger partial charge in [-0.05, 0) is 5.41 Å². The zero-order chi connectivity index (χ0) is 5.70. The molecule has 0 saturated heterocycles. The summed E-state index contributed by atoms with van der Waals surface area (Å²) in [4.78, 5) is 12.4. The molecule has 0 aromatic heterocycles. The van der Waals surface area contributed by atoms with E-state index < -0.39 is 5.97 Å². The van der Waals surface area contributed by atoms with E-state index in [1.807, 2.05) is 0 Å². The summed E-state index contributed by atoms with van der Waals surface area (Å²) in [6, 6.07) is 0. The largest absolute Gasteiger partial charge is 0.372 e. The smallest absolute Gasteiger partial charge is 0.250 e. The molecule has 2 nitrogen and oxygen atoms in total. The molecule has 4 heteroatoms. The van der Waals surface area contributed by atoms with Crippen LogP contribution in [0.2, 0.25) is 0 Å². The predicted octanol–water partition coefficient (Wildman–Crippen LogP) is 0.858. The Morgan fingerprint density at radius 2 is 2.43 bits per heavy atom. The summed E-state index contributed by atoms with van der Waals surface area (Å²) in [5.74, 6) is -1.05. The molecule has 0 aromatic carbocycles. The highest BCUT2D eigenvalue weighted by Crippen LogP contribution is 1.81. The maximum atomic E-state index is 10.6. The first-order valence-electron chi connectivity index (χ1n) is 1.44. The lowest BCUT2D eigenvalue weighted by atomic mass is 10.7. The Kier molecular flexibility index (Phi) is 3.40. The van der Waals surface area contributed by atoms with Crippen LogP contribution in [0.15, 0.2) is 11.5 Å². The van der Waals surface area contributed by atoms with Crippen LogP contribution >= 0.6 is 12.6 Å². The van der Waals surface area contributed by atoms with Gasteiger partial charge in [0.25, 0.3) is 0 Å². The highest BCUT2D eigenvalue weighted by Gasteiger charge is 1.89. The van der Waals surface area contributed by atoms with E-state index in [1.54, 1.807) is 0 Å². The lowest BCUT2D eigenvalue weighted by molar-refractivity contribution is -0.176. The van der Waals surface area contributed by atoms with Crippen molar-refractivity contribution in [2.75, 3.05) is 0 Å². The molecule has 0 atom stereocenters. The molecule has 0 bridgehead atoms. The molecular formula is C3H3FO2S. The standard InChI is InChI=1S/C3H3FO2S/c4-6-3(5)1-2-7/h1-2,7H/b2-1+. The number of halogens is 1. The molecule has 0 aliphatic rings. The molecule has 0 unspecified atom stereocenters. The van der Waals surface area contributed by atoms with Crippen molar-refractivity contribution in [3.05, 3.63) is 11.5 Å². The van der Waals surface area contributed by atoms with Gasteiger partial charge in [0.15, 0.2) is 0 Å². The highest BCUT2D eigenvalue weighted by molar-refractivity contribution is 7.83. The Hall–Kier alpha value is -0.510. The first kappa shape index (κ1) is 6.49. The van der Waals surface area contributed by atoms with E-state index in [9.17, 15) is 9.32 Å². The van der Waals surface area contributed by atoms with E-state index >= 15 is 0 Å². The molecular weight excluding hydrogens is 119 g/mol. The molecule has 0 aliphatic heterocycles. The lowest BCUT2D eigenvalue weighted by Crippen LogP contribution is -1.88. The Bertz CT molecular complexity index is 90.9. The second-order valence-electron chi connectivity index (χ2n) is 0.712. The maximum Gasteiger partial charge on any atom is 0.372 e. The SMILES string of the molecule is O=C(/C=C/S)OF. The lowest BCUT2D eigenvalue weighted by Gasteiger charge is -1.76. The van der Waals surface area contributed by atoms with Crippen LogP contribution in [0.3, 0.4) is 0 Å². The van der Waals surface area contributed by atoms with E-state index in [0.29, 0.717) is 0 Å². The number of hydrogen-bond donors (Lipinski definition) is 1. The zero-order valence-electron chi connectivity index (χ0n) is 3.30. The number of carbonyl (C=O) groups excluding carboxylic acids is 1. The summed E-state index contributed by atoms with van der Waals surface area (Å²) in [6.45, 7) is 0. The van der Waals surface area contributed by atoms with Crippen LogP contribution in [0.4, 0.5) is 4.53 Å². The van der Waals surface area contributed by atoms with Crippen LogP contribution in [0.1, 0.15) is 0 Å². The number of carbonyl (C=O) groups is 1. The Balaban J connectivity index is 3.37. The molecule has 0 heterocycles. The summed E-state index contributed by atoms with van der Waals surface area (Å²) >= 11 is 3.47. The van der Waals surface area contributed by atoms with Gasteiger partial charge in [0.05, 0.1) is 0 Å². The van der Waals surface area contributed by atoms with Crippen molar-refractivity contribution in [3.8, 4) is 0 Å². The monoisotopic (exact) mass is 122 g/mol. The molecule has 0 fully saturated rings. The summed E-state index contributed by atoms with van der Waals surface area (Å²) in [6.07, 6.45) is 0.850. The first-order valence-corrected chi connectivity index (χ1v) is 1.96. The van der Waals surface area contributed by atoms with Gasteiger partial charge in [-0.1, -0.05) is 0 Å². The third-order valence-electron chi connectivity index (χ3n) is 0.287. The van der Waals surface area contributed by atoms with Gasteiger partial charge >= 0.3 is 5.97 Å². The molecule has 0 amide bonds. The highest BCUT2D eigenvalue weighted by atomic mass is 32.1. The Morgan fingerprint density at radius 1 is 1.86 bits per heavy atom. The van der Waals surface area contributed by atoms with Crippen molar-refractivity contribution in [1.29, 1.82) is 0 Å². The van der Waals surface area contributed by atoms with Crippen LogP contribution in [0.25, 0.3) is 0 Å². The fraction of sp³-hybridized carbons (Fsp3) is 0. The van der Waals surface area contributed by atoms with E-state index in [-0.39, 0.29) is 0 Å². The van der Waals surface area contributed by atoms with Crippen molar-refractivity contribution >= 4 is 18.6 Å². The first-order chi connectivity index (χ1) is 3.31. The van der Waals surface area contributed by atoms with Crippen LogP contribution in [-0.2, 0) is 9.74 Å². The topological polar surface area (TPSA) is 26.3 Å². The predicted molar refractivity (Wildman–Crippen MR) is 25.3 cm³/mol. The average molecular weight is 122 g/mol. The maximum absolute atomic E-state index is 10.6. The van der Waals surface area contributed by atoms with E-state index in [4.69, 9.17) is 0 Å². The quantitative estimate of drug-likeness (QED) is 0.412. The second kappa shape index (κ2) is 3.67. The van der Waals surface area contributed by atoms with Crippen molar-refractivity contribution in [3.63, 3.8) is 0 Å². The fourth-order valence-corrected chi connectivity index (χ4v) is 0.208. The average Bonchev–Trinajstić information content (AvgIpc) is 1.68. The van der Waals surface area contributed by atoms with Crippen molar-refractivity contribution in [2.24, 2.45) is 0 Å². The molecule has 0 spiro atoms. The van der Waals surface area contributed by atoms with Crippen LogP contribution < -0.4 is 0 Å². The van der Waals surface area contributed by atoms with Crippen LogP contribution in [-0.4, -0.2) is 5.97 Å². The zero-order valence-corrected chi connectivity index (χ0v) is 4.19. The van der Waals surface area contributed by atoms with Gasteiger partial charge in [0.2, 0.25) is 0 Å². The van der Waals surface area contributed by atoms with Crippen molar-refractivity contribution in [2.45, 2.75) is 0 Å². The molecule has 0 radical (unpaired) electrons.